The molecule has 1 aliphatic carbocycles. The van der Waals surface area contributed by atoms with Crippen LogP contribution in [0.5, 0.6) is 0 Å². The molecule has 0 amide bonds. The van der Waals surface area contributed by atoms with E-state index >= 15 is 0 Å². The van der Waals surface area contributed by atoms with Crippen LogP contribution in [-0.2, 0) is 9.53 Å². The Hall–Kier alpha value is -0.460. The Morgan fingerprint density at radius 3 is 2.76 bits per heavy atom. The fourth-order valence-corrected chi connectivity index (χ4v) is 3.84. The molecule has 4 nitrogen and oxygen atoms in total. The normalized spacial score (nSPS) is 17.5. The molecule has 0 bridgehead atoms. The molecule has 116 valence electrons. The zero-order valence-electron chi connectivity index (χ0n) is 12.1. The predicted molar refractivity (Wildman–Crippen MR) is 89.0 cm³/mol. The Labute approximate surface area is 142 Å². The van der Waals surface area contributed by atoms with Crippen molar-refractivity contribution >= 4 is 37.8 Å². The van der Waals surface area contributed by atoms with Crippen molar-refractivity contribution in [1.82, 2.24) is 10.3 Å². The number of nitrogens with zero attached hydrogens (tertiary/aromatic N) is 1. The van der Waals surface area contributed by atoms with Crippen molar-refractivity contribution in [3.05, 3.63) is 26.9 Å². The standard InChI is InChI=1S/C15H20Br2N2O2/c1-2-21-15(20)14(19-11-6-4-3-5-7-11)13-12(17)8-10(16)9-18-13/h8-9,11,14,19H,2-7H2,1H3. The van der Waals surface area contributed by atoms with Gasteiger partial charge in [0.15, 0.2) is 0 Å². The first kappa shape index (κ1) is 16.9. The van der Waals surface area contributed by atoms with Crippen LogP contribution in [0, 0.1) is 0 Å². The molecule has 0 spiro atoms. The number of esters is 1. The first-order valence-corrected chi connectivity index (χ1v) is 8.94. The third-order valence-corrected chi connectivity index (χ3v) is 4.71. The minimum absolute atomic E-state index is 0.265. The van der Waals surface area contributed by atoms with Gasteiger partial charge in [0.2, 0.25) is 0 Å². The summed E-state index contributed by atoms with van der Waals surface area (Å²) in [5.41, 5.74) is 0.683. The average molecular weight is 420 g/mol. The Kier molecular flexibility index (Phi) is 6.64. The maximum atomic E-state index is 12.3. The summed E-state index contributed by atoms with van der Waals surface area (Å²) < 4.78 is 6.89. The van der Waals surface area contributed by atoms with Gasteiger partial charge >= 0.3 is 5.97 Å². The van der Waals surface area contributed by atoms with Gasteiger partial charge in [-0.15, -0.1) is 0 Å². The Bertz CT molecular complexity index is 491. The van der Waals surface area contributed by atoms with Crippen LogP contribution in [0.1, 0.15) is 50.8 Å². The van der Waals surface area contributed by atoms with Crippen LogP contribution in [0.25, 0.3) is 0 Å². The van der Waals surface area contributed by atoms with Gasteiger partial charge in [-0.05, 0) is 57.7 Å². The molecule has 6 heteroatoms. The molecule has 1 N–H and O–H groups in total. The third kappa shape index (κ3) is 4.76. The van der Waals surface area contributed by atoms with Gasteiger partial charge in [0.1, 0.15) is 6.04 Å². The molecule has 1 heterocycles. The van der Waals surface area contributed by atoms with Crippen LogP contribution >= 0.6 is 31.9 Å². The van der Waals surface area contributed by atoms with Gasteiger partial charge in [0.05, 0.1) is 12.3 Å². The van der Waals surface area contributed by atoms with Crippen molar-refractivity contribution in [2.75, 3.05) is 6.61 Å². The van der Waals surface area contributed by atoms with Crippen molar-refractivity contribution in [3.63, 3.8) is 0 Å². The van der Waals surface area contributed by atoms with Crippen molar-refractivity contribution in [3.8, 4) is 0 Å². The van der Waals surface area contributed by atoms with Gasteiger partial charge < -0.3 is 4.74 Å². The molecule has 1 aromatic rings. The highest BCUT2D eigenvalue weighted by Crippen LogP contribution is 2.27. The minimum atomic E-state index is -0.518. The van der Waals surface area contributed by atoms with E-state index in [9.17, 15) is 4.79 Å². The molecule has 1 unspecified atom stereocenters. The summed E-state index contributed by atoms with van der Waals surface area (Å²) in [6, 6.07) is 1.73. The zero-order valence-corrected chi connectivity index (χ0v) is 15.2. The van der Waals surface area contributed by atoms with E-state index in [2.05, 4.69) is 42.2 Å². The lowest BCUT2D eigenvalue weighted by Crippen LogP contribution is -2.39. The second-order valence-corrected chi connectivity index (χ2v) is 6.98. The van der Waals surface area contributed by atoms with Crippen LogP contribution < -0.4 is 5.32 Å². The van der Waals surface area contributed by atoms with Gasteiger partial charge in [0, 0.05) is 21.2 Å². The number of nitrogens with one attached hydrogen (secondary N) is 1. The molecule has 21 heavy (non-hydrogen) atoms. The molecule has 2 rings (SSSR count). The van der Waals surface area contributed by atoms with Gasteiger partial charge in [-0.25, -0.2) is 4.79 Å². The lowest BCUT2D eigenvalue weighted by atomic mass is 9.94. The molecule has 1 atom stereocenters. The van der Waals surface area contributed by atoms with E-state index < -0.39 is 6.04 Å². The van der Waals surface area contributed by atoms with Crippen molar-refractivity contribution in [2.45, 2.75) is 51.1 Å². The lowest BCUT2D eigenvalue weighted by molar-refractivity contribution is -0.146. The molecule has 1 aromatic heterocycles. The number of hydrogen-bond acceptors (Lipinski definition) is 4. The molecule has 1 fully saturated rings. The van der Waals surface area contributed by atoms with Gasteiger partial charge in [-0.2, -0.15) is 0 Å². The number of aromatic nitrogens is 1. The summed E-state index contributed by atoms with van der Waals surface area (Å²) in [6.07, 6.45) is 7.61. The number of carbonyl (C=O) groups excluding carboxylic acids is 1. The van der Waals surface area contributed by atoms with Crippen LogP contribution in [-0.4, -0.2) is 23.6 Å². The van der Waals surface area contributed by atoms with Crippen LogP contribution in [0.2, 0.25) is 0 Å². The second kappa shape index (κ2) is 8.25. The molecule has 0 aromatic carbocycles. The van der Waals surface area contributed by atoms with Crippen LogP contribution in [0.4, 0.5) is 0 Å². The zero-order chi connectivity index (χ0) is 15.2. The summed E-state index contributed by atoms with van der Waals surface area (Å²) in [6.45, 7) is 2.19. The molecule has 1 saturated carbocycles. The number of rotatable bonds is 5. The number of ether oxygens (including phenoxy) is 1. The maximum Gasteiger partial charge on any atom is 0.329 e. The quantitative estimate of drug-likeness (QED) is 0.729. The Morgan fingerprint density at radius 1 is 1.43 bits per heavy atom. The average Bonchev–Trinajstić information content (AvgIpc) is 2.47. The molecular weight excluding hydrogens is 400 g/mol. The van der Waals surface area contributed by atoms with E-state index in [0.29, 0.717) is 18.3 Å². The number of hydrogen-bond donors (Lipinski definition) is 1. The topological polar surface area (TPSA) is 51.2 Å². The van der Waals surface area contributed by atoms with E-state index in [4.69, 9.17) is 4.74 Å². The highest BCUT2D eigenvalue weighted by molar-refractivity contribution is 9.11. The van der Waals surface area contributed by atoms with E-state index in [0.717, 1.165) is 21.8 Å². The highest BCUT2D eigenvalue weighted by atomic mass is 79.9. The van der Waals surface area contributed by atoms with Crippen molar-refractivity contribution in [1.29, 1.82) is 0 Å². The largest absolute Gasteiger partial charge is 0.465 e. The van der Waals surface area contributed by atoms with Crippen LogP contribution in [0.15, 0.2) is 21.2 Å². The first-order valence-electron chi connectivity index (χ1n) is 7.35. The smallest absolute Gasteiger partial charge is 0.329 e. The van der Waals surface area contributed by atoms with E-state index in [1.54, 1.807) is 6.20 Å². The summed E-state index contributed by atoms with van der Waals surface area (Å²) in [4.78, 5) is 16.7. The number of halogens is 2. The van der Waals surface area contributed by atoms with E-state index in [-0.39, 0.29) is 5.97 Å². The molecule has 1 aliphatic rings. The number of carbonyl (C=O) groups is 1. The minimum Gasteiger partial charge on any atom is -0.465 e. The fraction of sp³-hybridized carbons (Fsp3) is 0.600. The Balaban J connectivity index is 2.19. The lowest BCUT2D eigenvalue weighted by Gasteiger charge is -2.27. The predicted octanol–water partition coefficient (Wildman–Crippen LogP) is 4.13. The van der Waals surface area contributed by atoms with Gasteiger partial charge in [-0.3, -0.25) is 10.3 Å². The first-order chi connectivity index (χ1) is 10.1. The van der Waals surface area contributed by atoms with Crippen molar-refractivity contribution in [2.24, 2.45) is 0 Å². The summed E-state index contributed by atoms with van der Waals surface area (Å²) >= 11 is 6.87. The molecule has 0 saturated heterocycles. The molecule has 0 aliphatic heterocycles. The summed E-state index contributed by atoms with van der Waals surface area (Å²) in [7, 11) is 0. The van der Waals surface area contributed by atoms with E-state index in [1.165, 1.54) is 19.3 Å². The fourth-order valence-electron chi connectivity index (χ4n) is 2.63. The molecular formula is C15H20Br2N2O2. The molecule has 0 radical (unpaired) electrons. The van der Waals surface area contributed by atoms with Gasteiger partial charge in [-0.1, -0.05) is 19.3 Å². The highest BCUT2D eigenvalue weighted by Gasteiger charge is 2.28. The summed E-state index contributed by atoms with van der Waals surface area (Å²) in [5, 5.41) is 3.43. The maximum absolute atomic E-state index is 12.3. The van der Waals surface area contributed by atoms with Gasteiger partial charge in [0.25, 0.3) is 0 Å². The second-order valence-electron chi connectivity index (χ2n) is 5.21. The van der Waals surface area contributed by atoms with E-state index in [1.807, 2.05) is 13.0 Å². The SMILES string of the molecule is CCOC(=O)C(NC1CCCCC1)c1ncc(Br)cc1Br. The van der Waals surface area contributed by atoms with Crippen molar-refractivity contribution < 1.29 is 9.53 Å². The van der Waals surface area contributed by atoms with Crippen LogP contribution in [0.3, 0.4) is 0 Å². The summed E-state index contributed by atoms with van der Waals surface area (Å²) in [5.74, 6) is -0.265. The monoisotopic (exact) mass is 418 g/mol. The third-order valence-electron chi connectivity index (χ3n) is 3.64. The Morgan fingerprint density at radius 2 is 2.14 bits per heavy atom. The number of pyridine rings is 1.